The van der Waals surface area contributed by atoms with Gasteiger partial charge >= 0.3 is 12.3 Å². The van der Waals surface area contributed by atoms with Gasteiger partial charge in [0.15, 0.2) is 0 Å². The number of alkyl halides is 3. The lowest BCUT2D eigenvalue weighted by molar-refractivity contribution is -0.152. The van der Waals surface area contributed by atoms with Gasteiger partial charge in [-0.2, -0.15) is 13.2 Å². The lowest BCUT2D eigenvalue weighted by Crippen LogP contribution is -2.46. The second-order valence-electron chi connectivity index (χ2n) is 11.2. The molecule has 0 N–H and O–H groups in total. The van der Waals surface area contributed by atoms with Crippen LogP contribution in [0.15, 0.2) is 24.3 Å². The topological polar surface area (TPSA) is 70.2 Å². The average molecular weight is 558 g/mol. The van der Waals surface area contributed by atoms with Gasteiger partial charge in [0, 0.05) is 55.5 Å². The van der Waals surface area contributed by atoms with Crippen LogP contribution in [0.2, 0.25) is 5.02 Å². The van der Waals surface area contributed by atoms with E-state index >= 15 is 0 Å². The molecule has 7 nitrogen and oxygen atoms in total. The third kappa shape index (κ3) is 6.55. The average Bonchev–Trinajstić information content (AvgIpc) is 3.45. The van der Waals surface area contributed by atoms with Crippen molar-refractivity contribution in [2.24, 2.45) is 11.3 Å². The number of likely N-dealkylation sites (tertiary alicyclic amines) is 2. The van der Waals surface area contributed by atoms with Crippen LogP contribution in [0.25, 0.3) is 0 Å². The van der Waals surface area contributed by atoms with Gasteiger partial charge < -0.3 is 19.4 Å². The summed E-state index contributed by atoms with van der Waals surface area (Å²) in [7, 11) is 1.49. The normalized spacial score (nSPS) is 24.2. The van der Waals surface area contributed by atoms with Crippen LogP contribution < -0.4 is 0 Å². The fourth-order valence-electron chi connectivity index (χ4n) is 5.53. The molecule has 2 heterocycles. The number of benzene rings is 1. The Bertz CT molecular complexity index is 1040. The molecular weight excluding hydrogens is 523 g/mol. The summed E-state index contributed by atoms with van der Waals surface area (Å²) in [5.41, 5.74) is 0.637. The molecule has 0 spiro atoms. The van der Waals surface area contributed by atoms with E-state index in [0.717, 1.165) is 18.4 Å². The van der Waals surface area contributed by atoms with E-state index in [1.165, 1.54) is 18.9 Å². The number of carbonyl (C=O) groups is 3. The number of nitrogens with zero attached hydrogens (tertiary/aromatic N) is 3. The summed E-state index contributed by atoms with van der Waals surface area (Å²) in [6.07, 6.45) is -4.88. The second-order valence-corrected chi connectivity index (χ2v) is 11.7. The highest BCUT2D eigenvalue weighted by Crippen LogP contribution is 2.47. The molecule has 0 bridgehead atoms. The molecule has 2 aliphatic heterocycles. The zero-order chi connectivity index (χ0) is 27.8. The van der Waals surface area contributed by atoms with Crippen molar-refractivity contribution in [2.75, 3.05) is 33.2 Å². The number of piperidine rings is 1. The van der Waals surface area contributed by atoms with Crippen molar-refractivity contribution in [1.82, 2.24) is 14.7 Å². The predicted octanol–water partition coefficient (Wildman–Crippen LogP) is 5.08. The summed E-state index contributed by atoms with van der Waals surface area (Å²) < 4.78 is 43.3. The zero-order valence-electron chi connectivity index (χ0n) is 22.0. The minimum Gasteiger partial charge on any atom is -0.446 e. The molecule has 0 radical (unpaired) electrons. The molecule has 4 rings (SSSR count). The van der Waals surface area contributed by atoms with Crippen LogP contribution in [-0.2, 0) is 14.3 Å². The van der Waals surface area contributed by atoms with Crippen molar-refractivity contribution >= 4 is 29.5 Å². The Labute approximate surface area is 226 Å². The first-order valence-corrected chi connectivity index (χ1v) is 13.5. The molecule has 1 aliphatic carbocycles. The molecule has 2 saturated heterocycles. The molecule has 3 atom stereocenters. The predicted molar refractivity (Wildman–Crippen MR) is 136 cm³/mol. The first-order valence-electron chi connectivity index (χ1n) is 13.1. The lowest BCUT2D eigenvalue weighted by Gasteiger charge is -2.34. The Morgan fingerprint density at radius 3 is 2.26 bits per heavy atom. The number of hydrogen-bond donors (Lipinski definition) is 0. The van der Waals surface area contributed by atoms with Crippen molar-refractivity contribution in [3.8, 4) is 0 Å². The van der Waals surface area contributed by atoms with E-state index in [0.29, 0.717) is 37.5 Å². The number of hydrogen-bond acceptors (Lipinski definition) is 4. The Morgan fingerprint density at radius 2 is 1.71 bits per heavy atom. The van der Waals surface area contributed by atoms with Crippen LogP contribution in [0.1, 0.15) is 57.4 Å². The van der Waals surface area contributed by atoms with Crippen LogP contribution in [-0.4, -0.2) is 84.2 Å². The number of carbonyl (C=O) groups excluding carboxylic acids is 3. The SMILES string of the molecule is CC(CC(F)(F)F)OC(=O)N(C)[C@@H]1CN(C(=O)C2CCN(C(=O)C3(C)CC3)CC2)C[C@H]1c1ccc(Cl)cc1. The summed E-state index contributed by atoms with van der Waals surface area (Å²) in [4.78, 5) is 43.9. The van der Waals surface area contributed by atoms with Gasteiger partial charge in [0.2, 0.25) is 11.8 Å². The van der Waals surface area contributed by atoms with Crippen molar-refractivity contribution in [3.05, 3.63) is 34.9 Å². The van der Waals surface area contributed by atoms with Crippen molar-refractivity contribution in [1.29, 1.82) is 0 Å². The summed E-state index contributed by atoms with van der Waals surface area (Å²) >= 11 is 6.06. The molecular formula is C27H35ClF3N3O4. The van der Waals surface area contributed by atoms with Gasteiger partial charge in [0.05, 0.1) is 12.5 Å². The Morgan fingerprint density at radius 1 is 1.11 bits per heavy atom. The Kier molecular flexibility index (Phi) is 8.21. The van der Waals surface area contributed by atoms with Crippen molar-refractivity contribution in [3.63, 3.8) is 0 Å². The minimum atomic E-state index is -4.45. The molecule has 1 aromatic carbocycles. The van der Waals surface area contributed by atoms with Gasteiger partial charge in [-0.3, -0.25) is 9.59 Å². The Hall–Kier alpha value is -2.49. The maximum Gasteiger partial charge on any atom is 0.410 e. The van der Waals surface area contributed by atoms with Crippen LogP contribution in [0.4, 0.5) is 18.0 Å². The molecule has 3 aliphatic rings. The van der Waals surface area contributed by atoms with E-state index in [2.05, 4.69) is 0 Å². The summed E-state index contributed by atoms with van der Waals surface area (Å²) in [5.74, 6) is -0.335. The third-order valence-electron chi connectivity index (χ3n) is 8.15. The first kappa shape index (κ1) is 28.5. The van der Waals surface area contributed by atoms with Crippen molar-refractivity contribution < 1.29 is 32.3 Å². The fourth-order valence-corrected chi connectivity index (χ4v) is 5.65. The number of amides is 3. The molecule has 0 aromatic heterocycles. The lowest BCUT2D eigenvalue weighted by atomic mass is 9.93. The van der Waals surface area contributed by atoms with E-state index in [1.54, 1.807) is 17.0 Å². The van der Waals surface area contributed by atoms with Crippen LogP contribution in [0.3, 0.4) is 0 Å². The van der Waals surface area contributed by atoms with E-state index in [1.807, 2.05) is 24.0 Å². The highest BCUT2D eigenvalue weighted by atomic mass is 35.5. The summed E-state index contributed by atoms with van der Waals surface area (Å²) in [5, 5.41) is 0.548. The molecule has 3 fully saturated rings. The van der Waals surface area contributed by atoms with Gasteiger partial charge in [0.1, 0.15) is 6.10 Å². The smallest absolute Gasteiger partial charge is 0.410 e. The minimum absolute atomic E-state index is 0.0246. The largest absolute Gasteiger partial charge is 0.446 e. The molecule has 1 saturated carbocycles. The maximum absolute atomic E-state index is 13.5. The van der Waals surface area contributed by atoms with Gasteiger partial charge in [-0.05, 0) is 50.3 Å². The number of likely N-dealkylation sites (N-methyl/N-ethyl adjacent to an activating group) is 1. The summed E-state index contributed by atoms with van der Waals surface area (Å²) in [6.45, 7) is 4.89. The van der Waals surface area contributed by atoms with Crippen molar-refractivity contribution in [2.45, 2.75) is 70.2 Å². The molecule has 210 valence electrons. The van der Waals surface area contributed by atoms with Crippen LogP contribution in [0.5, 0.6) is 0 Å². The molecule has 11 heteroatoms. The van der Waals surface area contributed by atoms with E-state index in [-0.39, 0.29) is 35.6 Å². The van der Waals surface area contributed by atoms with Crippen LogP contribution >= 0.6 is 11.6 Å². The van der Waals surface area contributed by atoms with E-state index in [9.17, 15) is 27.6 Å². The van der Waals surface area contributed by atoms with E-state index < -0.39 is 30.8 Å². The van der Waals surface area contributed by atoms with Gasteiger partial charge in [-0.25, -0.2) is 4.79 Å². The van der Waals surface area contributed by atoms with E-state index in [4.69, 9.17) is 16.3 Å². The second kappa shape index (κ2) is 10.9. The monoisotopic (exact) mass is 557 g/mol. The molecule has 1 aromatic rings. The molecule has 3 amide bonds. The Balaban J connectivity index is 1.43. The zero-order valence-corrected chi connectivity index (χ0v) is 22.7. The third-order valence-corrected chi connectivity index (χ3v) is 8.40. The standard InChI is InChI=1S/C27H35ClF3N3O4/c1-17(14-27(29,30)31)38-25(37)32(3)22-16-34(15-21(22)18-4-6-20(28)7-5-18)23(35)19-8-12-33(13-9-19)24(36)26(2)10-11-26/h4-7,17,19,21-22H,8-16H2,1-3H3/t17?,21-,22+/m0/s1. The number of ether oxygens (including phenoxy) is 1. The van der Waals surface area contributed by atoms with Gasteiger partial charge in [-0.15, -0.1) is 0 Å². The maximum atomic E-state index is 13.5. The number of halogens is 4. The highest BCUT2D eigenvalue weighted by molar-refractivity contribution is 6.30. The highest BCUT2D eigenvalue weighted by Gasteiger charge is 2.48. The molecule has 1 unspecified atom stereocenters. The quantitative estimate of drug-likeness (QED) is 0.489. The first-order chi connectivity index (χ1) is 17.8. The van der Waals surface area contributed by atoms with Crippen LogP contribution in [0, 0.1) is 11.3 Å². The molecule has 38 heavy (non-hydrogen) atoms. The fraction of sp³-hybridized carbons (Fsp3) is 0.667. The van der Waals surface area contributed by atoms with Gasteiger partial charge in [-0.1, -0.05) is 30.7 Å². The summed E-state index contributed by atoms with van der Waals surface area (Å²) in [6, 6.07) is 6.65. The number of rotatable bonds is 6. The van der Waals surface area contributed by atoms with Gasteiger partial charge in [0.25, 0.3) is 0 Å².